The average molecular weight is 356 g/mol. The molecule has 0 radical (unpaired) electrons. The molecule has 2 aromatic rings. The number of hydrogen-bond donors (Lipinski definition) is 1. The monoisotopic (exact) mass is 355 g/mol. The molecule has 1 fully saturated rings. The summed E-state index contributed by atoms with van der Waals surface area (Å²) in [5, 5.41) is 4.84. The smallest absolute Gasteiger partial charge is 0.227 e. The van der Waals surface area contributed by atoms with E-state index >= 15 is 0 Å². The van der Waals surface area contributed by atoms with Crippen molar-refractivity contribution >= 4 is 24.0 Å². The summed E-state index contributed by atoms with van der Waals surface area (Å²) in [4.78, 5) is 4.55. The minimum absolute atomic E-state index is 0. The number of hydrogen-bond acceptors (Lipinski definition) is 4. The van der Waals surface area contributed by atoms with Gasteiger partial charge in [0, 0.05) is 17.9 Å². The Morgan fingerprint density at radius 2 is 1.83 bits per heavy atom. The molecule has 6 heteroatoms. The predicted octanol–water partition coefficient (Wildman–Crippen LogP) is 4.19. The van der Waals surface area contributed by atoms with Gasteiger partial charge in [0.15, 0.2) is 5.82 Å². The number of aromatic nitrogens is 2. The molecule has 0 atom stereocenters. The molecule has 3 rings (SSSR count). The molecule has 4 nitrogen and oxygen atoms in total. The van der Waals surface area contributed by atoms with E-state index in [-0.39, 0.29) is 17.8 Å². The van der Waals surface area contributed by atoms with Crippen LogP contribution in [-0.2, 0) is 12.8 Å². The zero-order valence-electron chi connectivity index (χ0n) is 13.1. The topological polar surface area (TPSA) is 64.9 Å². The largest absolute Gasteiger partial charge is 0.339 e. The first-order valence-electron chi connectivity index (χ1n) is 7.95. The van der Waals surface area contributed by atoms with Gasteiger partial charge in [-0.15, -0.1) is 12.4 Å². The summed E-state index contributed by atoms with van der Waals surface area (Å²) in [6, 6.07) is 7.73. The Bertz CT molecular complexity index is 607. The molecule has 0 aliphatic heterocycles. The van der Waals surface area contributed by atoms with Crippen LogP contribution in [0, 0.1) is 5.41 Å². The molecule has 1 saturated carbocycles. The van der Waals surface area contributed by atoms with Gasteiger partial charge in [0.05, 0.1) is 0 Å². The first-order valence-corrected chi connectivity index (χ1v) is 8.33. The second-order valence-corrected chi connectivity index (χ2v) is 6.79. The molecular weight excluding hydrogens is 333 g/mol. The minimum Gasteiger partial charge on any atom is -0.339 e. The van der Waals surface area contributed by atoms with Gasteiger partial charge >= 0.3 is 0 Å². The molecule has 1 heterocycles. The van der Waals surface area contributed by atoms with Crippen molar-refractivity contribution in [3.63, 3.8) is 0 Å². The summed E-state index contributed by atoms with van der Waals surface area (Å²) < 4.78 is 5.45. The SMILES string of the molecule is Cl.NCC1(Cc2nc(Cc3ccc(Cl)cc3)no2)CCCCC1. The lowest BCUT2D eigenvalue weighted by Crippen LogP contribution is -2.35. The van der Waals surface area contributed by atoms with Gasteiger partial charge in [0.1, 0.15) is 0 Å². The number of nitrogens with two attached hydrogens (primary N) is 1. The van der Waals surface area contributed by atoms with Crippen molar-refractivity contribution in [3.05, 3.63) is 46.6 Å². The zero-order valence-corrected chi connectivity index (χ0v) is 14.7. The van der Waals surface area contributed by atoms with Crippen LogP contribution in [0.5, 0.6) is 0 Å². The van der Waals surface area contributed by atoms with E-state index in [9.17, 15) is 0 Å². The lowest BCUT2D eigenvalue weighted by atomic mass is 9.72. The lowest BCUT2D eigenvalue weighted by Gasteiger charge is -2.34. The van der Waals surface area contributed by atoms with E-state index in [1.165, 1.54) is 32.1 Å². The van der Waals surface area contributed by atoms with Crippen LogP contribution < -0.4 is 5.73 Å². The maximum Gasteiger partial charge on any atom is 0.227 e. The van der Waals surface area contributed by atoms with Gasteiger partial charge in [-0.3, -0.25) is 0 Å². The first-order chi connectivity index (χ1) is 10.7. The predicted molar refractivity (Wildman–Crippen MR) is 94.1 cm³/mol. The normalized spacial score (nSPS) is 16.8. The van der Waals surface area contributed by atoms with Crippen LogP contribution >= 0.6 is 24.0 Å². The van der Waals surface area contributed by atoms with Gasteiger partial charge in [-0.25, -0.2) is 0 Å². The molecule has 0 saturated heterocycles. The number of rotatable bonds is 5. The second kappa shape index (κ2) is 8.13. The van der Waals surface area contributed by atoms with Gasteiger partial charge in [-0.05, 0) is 42.5 Å². The van der Waals surface area contributed by atoms with Crippen molar-refractivity contribution in [2.75, 3.05) is 6.54 Å². The molecule has 2 N–H and O–H groups in total. The molecule has 0 spiro atoms. The third-order valence-corrected chi connectivity index (χ3v) is 4.91. The minimum atomic E-state index is 0. The van der Waals surface area contributed by atoms with Gasteiger partial charge < -0.3 is 10.3 Å². The van der Waals surface area contributed by atoms with Crippen LogP contribution in [0.2, 0.25) is 5.02 Å². The molecule has 23 heavy (non-hydrogen) atoms. The first kappa shape index (κ1) is 18.2. The molecule has 126 valence electrons. The van der Waals surface area contributed by atoms with Crippen LogP contribution in [0.1, 0.15) is 49.4 Å². The lowest BCUT2D eigenvalue weighted by molar-refractivity contribution is 0.177. The van der Waals surface area contributed by atoms with Gasteiger partial charge in [0.25, 0.3) is 0 Å². The summed E-state index contributed by atoms with van der Waals surface area (Å²) in [5.41, 5.74) is 7.31. The van der Waals surface area contributed by atoms with E-state index in [0.29, 0.717) is 13.0 Å². The Hall–Kier alpha value is -1.10. The number of halogens is 2. The van der Waals surface area contributed by atoms with Crippen molar-refractivity contribution in [2.24, 2.45) is 11.1 Å². The Morgan fingerprint density at radius 3 is 2.48 bits per heavy atom. The van der Waals surface area contributed by atoms with E-state index < -0.39 is 0 Å². The fourth-order valence-corrected chi connectivity index (χ4v) is 3.42. The Morgan fingerprint density at radius 1 is 1.13 bits per heavy atom. The highest BCUT2D eigenvalue weighted by Crippen LogP contribution is 2.38. The maximum absolute atomic E-state index is 6.03. The fourth-order valence-electron chi connectivity index (χ4n) is 3.29. The molecule has 0 unspecified atom stereocenters. The van der Waals surface area contributed by atoms with Crippen LogP contribution in [0.3, 0.4) is 0 Å². The standard InChI is InChI=1S/C17H22ClN3O.ClH/c18-14-6-4-13(5-7-14)10-15-20-16(22-21-15)11-17(12-19)8-2-1-3-9-17;/h4-7H,1-3,8-12,19H2;1H. The molecule has 1 aliphatic rings. The Labute approximate surface area is 148 Å². The van der Waals surface area contributed by atoms with E-state index in [2.05, 4.69) is 10.1 Å². The van der Waals surface area contributed by atoms with Crippen LogP contribution in [0.25, 0.3) is 0 Å². The molecule has 1 aliphatic carbocycles. The molecule has 0 amide bonds. The summed E-state index contributed by atoms with van der Waals surface area (Å²) in [6.45, 7) is 0.696. The van der Waals surface area contributed by atoms with Crippen LogP contribution in [-0.4, -0.2) is 16.7 Å². The quantitative estimate of drug-likeness (QED) is 0.873. The highest BCUT2D eigenvalue weighted by Gasteiger charge is 2.32. The van der Waals surface area contributed by atoms with Crippen molar-refractivity contribution < 1.29 is 4.52 Å². The number of benzene rings is 1. The van der Waals surface area contributed by atoms with Crippen molar-refractivity contribution in [1.82, 2.24) is 10.1 Å². The highest BCUT2D eigenvalue weighted by molar-refractivity contribution is 6.30. The molecule has 1 aromatic carbocycles. The van der Waals surface area contributed by atoms with Crippen LogP contribution in [0.4, 0.5) is 0 Å². The summed E-state index contributed by atoms with van der Waals surface area (Å²) >= 11 is 5.90. The maximum atomic E-state index is 6.03. The van der Waals surface area contributed by atoms with Gasteiger partial charge in [-0.1, -0.05) is 48.2 Å². The fraction of sp³-hybridized carbons (Fsp3) is 0.529. The molecule has 1 aromatic heterocycles. The molecule has 0 bridgehead atoms. The van der Waals surface area contributed by atoms with Crippen LogP contribution in [0.15, 0.2) is 28.8 Å². The molecular formula is C17H23Cl2N3O. The van der Waals surface area contributed by atoms with Crippen molar-refractivity contribution in [1.29, 1.82) is 0 Å². The average Bonchev–Trinajstić information content (AvgIpc) is 2.97. The summed E-state index contributed by atoms with van der Waals surface area (Å²) in [5.74, 6) is 1.44. The zero-order chi connectivity index (χ0) is 15.4. The van der Waals surface area contributed by atoms with E-state index in [4.69, 9.17) is 21.9 Å². The summed E-state index contributed by atoms with van der Waals surface area (Å²) in [6.07, 6.45) is 7.61. The van der Waals surface area contributed by atoms with Gasteiger partial charge in [-0.2, -0.15) is 4.98 Å². The van der Waals surface area contributed by atoms with E-state index in [1.807, 2.05) is 24.3 Å². The van der Waals surface area contributed by atoms with Gasteiger partial charge in [0.2, 0.25) is 5.89 Å². The second-order valence-electron chi connectivity index (χ2n) is 6.35. The Kier molecular flexibility index (Phi) is 6.45. The third kappa shape index (κ3) is 4.69. The van der Waals surface area contributed by atoms with Crippen molar-refractivity contribution in [2.45, 2.75) is 44.9 Å². The number of nitrogens with zero attached hydrogens (tertiary/aromatic N) is 2. The third-order valence-electron chi connectivity index (χ3n) is 4.66. The highest BCUT2D eigenvalue weighted by atomic mass is 35.5. The Balaban J connectivity index is 0.00000192. The van der Waals surface area contributed by atoms with E-state index in [0.717, 1.165) is 28.7 Å². The van der Waals surface area contributed by atoms with E-state index in [1.54, 1.807) is 0 Å². The summed E-state index contributed by atoms with van der Waals surface area (Å²) in [7, 11) is 0. The van der Waals surface area contributed by atoms with Crippen molar-refractivity contribution in [3.8, 4) is 0 Å².